The first kappa shape index (κ1) is 9.75. The van der Waals surface area contributed by atoms with Gasteiger partial charge in [0.25, 0.3) is 0 Å². The van der Waals surface area contributed by atoms with Gasteiger partial charge in [0.05, 0.1) is 5.02 Å². The maximum Gasteiger partial charge on any atom is 0.138 e. The molecule has 1 aromatic heterocycles. The van der Waals surface area contributed by atoms with E-state index in [1.165, 1.54) is 0 Å². The molecule has 0 atom stereocenters. The van der Waals surface area contributed by atoms with Crippen molar-refractivity contribution < 1.29 is 0 Å². The van der Waals surface area contributed by atoms with Gasteiger partial charge >= 0.3 is 0 Å². The Morgan fingerprint density at radius 3 is 2.57 bits per heavy atom. The number of fused-ring (bicyclic) bond motifs is 1. The Kier molecular flexibility index (Phi) is 2.38. The molecule has 1 heterocycles. The van der Waals surface area contributed by atoms with E-state index in [0.29, 0.717) is 10.2 Å². The lowest BCUT2D eigenvalue weighted by atomic mass is 10.1. The second-order valence-electron chi connectivity index (χ2n) is 3.34. The van der Waals surface area contributed by atoms with Crippen molar-refractivity contribution in [2.75, 3.05) is 0 Å². The van der Waals surface area contributed by atoms with E-state index in [1.54, 1.807) is 0 Å². The Hall–Kier alpha value is -0.790. The summed E-state index contributed by atoms with van der Waals surface area (Å²) in [6.07, 6.45) is 0. The van der Waals surface area contributed by atoms with Gasteiger partial charge in [0.1, 0.15) is 5.15 Å². The summed E-state index contributed by atoms with van der Waals surface area (Å²) in [6.45, 7) is 3.96. The number of aromatic nitrogens is 1. The van der Waals surface area contributed by atoms with E-state index in [9.17, 15) is 0 Å². The second kappa shape index (κ2) is 3.41. The Morgan fingerprint density at radius 1 is 1.14 bits per heavy atom. The SMILES string of the molecule is Cc1cc2c(C)ccc(Cl)c2c(Cl)n1. The Bertz CT molecular complexity index is 506. The summed E-state index contributed by atoms with van der Waals surface area (Å²) in [6, 6.07) is 5.84. The molecule has 0 saturated heterocycles. The lowest BCUT2D eigenvalue weighted by molar-refractivity contribution is 1.22. The van der Waals surface area contributed by atoms with Crippen LogP contribution in [0.5, 0.6) is 0 Å². The first-order valence-electron chi connectivity index (χ1n) is 4.31. The molecule has 0 saturated carbocycles. The molecule has 0 bridgehead atoms. The fourth-order valence-electron chi connectivity index (χ4n) is 1.54. The van der Waals surface area contributed by atoms with Crippen LogP contribution >= 0.6 is 23.2 Å². The average Bonchev–Trinajstić information content (AvgIpc) is 2.10. The highest BCUT2D eigenvalue weighted by Crippen LogP contribution is 2.31. The van der Waals surface area contributed by atoms with E-state index < -0.39 is 0 Å². The zero-order chi connectivity index (χ0) is 10.3. The van der Waals surface area contributed by atoms with Crippen molar-refractivity contribution in [3.63, 3.8) is 0 Å². The molecule has 3 heteroatoms. The summed E-state index contributed by atoms with van der Waals surface area (Å²) in [5, 5.41) is 3.06. The molecule has 0 aliphatic heterocycles. The zero-order valence-corrected chi connectivity index (χ0v) is 9.45. The predicted octanol–water partition coefficient (Wildman–Crippen LogP) is 4.16. The summed E-state index contributed by atoms with van der Waals surface area (Å²) in [7, 11) is 0. The Balaban J connectivity index is 3.00. The summed E-state index contributed by atoms with van der Waals surface area (Å²) in [4.78, 5) is 4.18. The molecule has 2 aromatic rings. The molecular weight excluding hydrogens is 217 g/mol. The molecule has 2 rings (SSSR count). The molecule has 14 heavy (non-hydrogen) atoms. The minimum atomic E-state index is 0.480. The number of pyridine rings is 1. The molecule has 0 unspecified atom stereocenters. The lowest BCUT2D eigenvalue weighted by Crippen LogP contribution is -1.87. The fourth-order valence-corrected chi connectivity index (χ4v) is 2.18. The van der Waals surface area contributed by atoms with Gasteiger partial charge < -0.3 is 0 Å². The average molecular weight is 226 g/mol. The van der Waals surface area contributed by atoms with Crippen LogP contribution in [0, 0.1) is 13.8 Å². The van der Waals surface area contributed by atoms with Crippen LogP contribution in [0.15, 0.2) is 18.2 Å². The van der Waals surface area contributed by atoms with Crippen LogP contribution in [0.4, 0.5) is 0 Å². The molecule has 0 aliphatic rings. The lowest BCUT2D eigenvalue weighted by Gasteiger charge is -2.06. The van der Waals surface area contributed by atoms with Crippen molar-refractivity contribution in [2.24, 2.45) is 0 Å². The number of rotatable bonds is 0. The van der Waals surface area contributed by atoms with Gasteiger partial charge in [-0.2, -0.15) is 0 Å². The van der Waals surface area contributed by atoms with Crippen molar-refractivity contribution in [1.29, 1.82) is 0 Å². The molecule has 0 spiro atoms. The van der Waals surface area contributed by atoms with Crippen LogP contribution in [0.2, 0.25) is 10.2 Å². The van der Waals surface area contributed by atoms with Gasteiger partial charge in [-0.05, 0) is 36.9 Å². The quantitative estimate of drug-likeness (QED) is 0.614. The normalized spacial score (nSPS) is 10.9. The van der Waals surface area contributed by atoms with E-state index >= 15 is 0 Å². The van der Waals surface area contributed by atoms with Gasteiger partial charge in [-0.25, -0.2) is 4.98 Å². The second-order valence-corrected chi connectivity index (χ2v) is 4.11. The number of nitrogens with zero attached hydrogens (tertiary/aromatic N) is 1. The van der Waals surface area contributed by atoms with Crippen LogP contribution in [-0.4, -0.2) is 4.98 Å². The first-order chi connectivity index (χ1) is 6.59. The third-order valence-electron chi connectivity index (χ3n) is 2.25. The van der Waals surface area contributed by atoms with Gasteiger partial charge in [0.2, 0.25) is 0 Å². The van der Waals surface area contributed by atoms with E-state index in [0.717, 1.165) is 22.0 Å². The van der Waals surface area contributed by atoms with Crippen LogP contribution < -0.4 is 0 Å². The number of hydrogen-bond donors (Lipinski definition) is 0. The van der Waals surface area contributed by atoms with Crippen molar-refractivity contribution in [3.8, 4) is 0 Å². The molecule has 0 N–H and O–H groups in total. The summed E-state index contributed by atoms with van der Waals surface area (Å²) in [5.41, 5.74) is 2.07. The fraction of sp³-hybridized carbons (Fsp3) is 0.182. The molecular formula is C11H9Cl2N. The zero-order valence-electron chi connectivity index (χ0n) is 7.94. The summed E-state index contributed by atoms with van der Waals surface area (Å²) < 4.78 is 0. The smallest absolute Gasteiger partial charge is 0.138 e. The highest BCUT2D eigenvalue weighted by Gasteiger charge is 2.07. The van der Waals surface area contributed by atoms with Crippen molar-refractivity contribution in [2.45, 2.75) is 13.8 Å². The summed E-state index contributed by atoms with van der Waals surface area (Å²) in [5.74, 6) is 0. The molecule has 72 valence electrons. The van der Waals surface area contributed by atoms with E-state index in [1.807, 2.05) is 32.0 Å². The molecule has 0 amide bonds. The molecule has 1 nitrogen and oxygen atoms in total. The third-order valence-corrected chi connectivity index (χ3v) is 2.84. The van der Waals surface area contributed by atoms with Crippen LogP contribution in [0.3, 0.4) is 0 Å². The minimum absolute atomic E-state index is 0.480. The highest BCUT2D eigenvalue weighted by molar-refractivity contribution is 6.41. The first-order valence-corrected chi connectivity index (χ1v) is 5.07. The van der Waals surface area contributed by atoms with Gasteiger partial charge in [-0.15, -0.1) is 0 Å². The summed E-state index contributed by atoms with van der Waals surface area (Å²) >= 11 is 12.1. The largest absolute Gasteiger partial charge is 0.241 e. The molecule has 0 aliphatic carbocycles. The standard InChI is InChI=1S/C11H9Cl2N/c1-6-3-4-9(12)10-8(6)5-7(2)14-11(10)13/h3-5H,1-2H3. The number of benzene rings is 1. The van der Waals surface area contributed by atoms with E-state index in [-0.39, 0.29) is 0 Å². The molecule has 1 aromatic carbocycles. The van der Waals surface area contributed by atoms with Gasteiger partial charge in [0, 0.05) is 11.1 Å². The van der Waals surface area contributed by atoms with Crippen molar-refractivity contribution in [1.82, 2.24) is 4.98 Å². The predicted molar refractivity (Wildman–Crippen MR) is 61.2 cm³/mol. The third kappa shape index (κ3) is 1.47. The van der Waals surface area contributed by atoms with Gasteiger partial charge in [0.15, 0.2) is 0 Å². The van der Waals surface area contributed by atoms with Crippen LogP contribution in [0.1, 0.15) is 11.3 Å². The van der Waals surface area contributed by atoms with Crippen LogP contribution in [0.25, 0.3) is 10.8 Å². The maximum absolute atomic E-state index is 6.06. The van der Waals surface area contributed by atoms with E-state index in [2.05, 4.69) is 4.98 Å². The van der Waals surface area contributed by atoms with Crippen molar-refractivity contribution >= 4 is 34.0 Å². The maximum atomic E-state index is 6.06. The van der Waals surface area contributed by atoms with Gasteiger partial charge in [-0.3, -0.25) is 0 Å². The molecule has 0 radical (unpaired) electrons. The minimum Gasteiger partial charge on any atom is -0.241 e. The Morgan fingerprint density at radius 2 is 1.86 bits per heavy atom. The Labute approximate surface area is 92.7 Å². The van der Waals surface area contributed by atoms with E-state index in [4.69, 9.17) is 23.2 Å². The topological polar surface area (TPSA) is 12.9 Å². The number of aryl methyl sites for hydroxylation is 2. The van der Waals surface area contributed by atoms with Crippen molar-refractivity contribution in [3.05, 3.63) is 39.6 Å². The monoisotopic (exact) mass is 225 g/mol. The van der Waals surface area contributed by atoms with Crippen LogP contribution in [-0.2, 0) is 0 Å². The molecule has 0 fully saturated rings. The van der Waals surface area contributed by atoms with Gasteiger partial charge in [-0.1, -0.05) is 29.3 Å². The number of hydrogen-bond acceptors (Lipinski definition) is 1. The number of halogens is 2. The highest BCUT2D eigenvalue weighted by atomic mass is 35.5.